The maximum atomic E-state index is 13.5. The van der Waals surface area contributed by atoms with Gasteiger partial charge in [-0.25, -0.2) is 9.59 Å². The van der Waals surface area contributed by atoms with Crippen LogP contribution in [0, 0.1) is 13.8 Å². The quantitative estimate of drug-likeness (QED) is 0.158. The third-order valence-electron chi connectivity index (χ3n) is 8.11. The first-order valence-electron chi connectivity index (χ1n) is 15.5. The summed E-state index contributed by atoms with van der Waals surface area (Å²) in [5, 5.41) is 12.6. The first kappa shape index (κ1) is 35.0. The summed E-state index contributed by atoms with van der Waals surface area (Å²) in [5.74, 6) is 0.161. The summed E-state index contributed by atoms with van der Waals surface area (Å²) in [6, 6.07) is 11.5. The number of methoxy groups -OCH3 is 2. The molecule has 0 bridgehead atoms. The Hall–Kier alpha value is -5.34. The number of amides is 2. The molecule has 260 valence electrons. The summed E-state index contributed by atoms with van der Waals surface area (Å²) in [4.78, 5) is 53.4. The molecule has 2 aliphatic rings. The fraction of sp³-hybridized carbons (Fsp3) is 0.371. The third kappa shape index (κ3) is 8.21. The molecule has 14 nitrogen and oxygen atoms in total. The largest absolute Gasteiger partial charge is 0.467 e. The lowest BCUT2D eigenvalue weighted by Crippen LogP contribution is -2.51. The normalized spacial score (nSPS) is 16.8. The molecule has 0 saturated carbocycles. The summed E-state index contributed by atoms with van der Waals surface area (Å²) < 4.78 is 37.9. The summed E-state index contributed by atoms with van der Waals surface area (Å²) in [6.07, 6.45) is -1.25. The van der Waals surface area contributed by atoms with E-state index in [4.69, 9.17) is 33.2 Å². The Labute approximate surface area is 282 Å². The van der Waals surface area contributed by atoms with Crippen molar-refractivity contribution in [2.75, 3.05) is 47.7 Å². The van der Waals surface area contributed by atoms with Crippen molar-refractivity contribution >= 4 is 23.8 Å². The van der Waals surface area contributed by atoms with Gasteiger partial charge >= 0.3 is 12.1 Å². The number of ketones is 1. The number of carbonyl (C=O) groups excluding carboxylic acids is 3. The number of nitrogens with one attached hydrogen (secondary N) is 1. The molecule has 0 radical (unpaired) electrons. The Morgan fingerprint density at radius 2 is 1.51 bits per heavy atom. The zero-order chi connectivity index (χ0) is 35.1. The Morgan fingerprint density at radius 1 is 0.878 bits per heavy atom. The van der Waals surface area contributed by atoms with Gasteiger partial charge in [0.2, 0.25) is 6.79 Å². The number of esters is 1. The van der Waals surface area contributed by atoms with E-state index in [1.165, 1.54) is 49.5 Å². The number of hydrogen-bond donors (Lipinski definition) is 2. The van der Waals surface area contributed by atoms with Crippen LogP contribution < -0.4 is 24.3 Å². The third-order valence-corrected chi connectivity index (χ3v) is 8.11. The molecular weight excluding hydrogens is 640 g/mol. The predicted octanol–water partition coefficient (Wildman–Crippen LogP) is 4.33. The van der Waals surface area contributed by atoms with E-state index < -0.39 is 30.1 Å². The van der Waals surface area contributed by atoms with Crippen LogP contribution in [0.5, 0.6) is 23.0 Å². The highest BCUT2D eigenvalue weighted by Gasteiger charge is 2.34. The monoisotopic (exact) mass is 678 g/mol. The van der Waals surface area contributed by atoms with E-state index in [0.717, 1.165) is 11.1 Å². The molecule has 2 heterocycles. The second-order valence-corrected chi connectivity index (χ2v) is 11.5. The first-order chi connectivity index (χ1) is 23.6. The highest BCUT2D eigenvalue weighted by molar-refractivity contribution is 6.11. The van der Waals surface area contributed by atoms with E-state index in [2.05, 4.69) is 5.32 Å². The molecule has 2 aliphatic heterocycles. The van der Waals surface area contributed by atoms with Crippen molar-refractivity contribution in [3.05, 3.63) is 81.9 Å². The van der Waals surface area contributed by atoms with Crippen molar-refractivity contribution in [2.45, 2.75) is 38.8 Å². The van der Waals surface area contributed by atoms with Crippen LogP contribution >= 0.6 is 0 Å². The zero-order valence-corrected chi connectivity index (χ0v) is 27.6. The van der Waals surface area contributed by atoms with Crippen LogP contribution in [0.1, 0.15) is 60.6 Å². The van der Waals surface area contributed by atoms with Gasteiger partial charge in [0.05, 0.1) is 17.2 Å². The molecular formula is C35H38N2O12. The second-order valence-electron chi connectivity index (χ2n) is 11.5. The van der Waals surface area contributed by atoms with Gasteiger partial charge in [0.1, 0.15) is 17.6 Å². The Balaban J connectivity index is 1.32. The molecule has 2 atom stereocenters. The van der Waals surface area contributed by atoms with E-state index in [-0.39, 0.29) is 61.7 Å². The number of likely N-dealkylation sites (tertiary alicyclic amines) is 1. The van der Waals surface area contributed by atoms with E-state index >= 15 is 0 Å². The van der Waals surface area contributed by atoms with Crippen LogP contribution in [0.2, 0.25) is 0 Å². The van der Waals surface area contributed by atoms with Crippen LogP contribution in [-0.4, -0.2) is 93.6 Å². The highest BCUT2D eigenvalue weighted by Crippen LogP contribution is 2.39. The smallest absolute Gasteiger partial charge is 0.407 e. The van der Waals surface area contributed by atoms with Crippen LogP contribution in [0.25, 0.3) is 0 Å². The maximum absolute atomic E-state index is 13.5. The fourth-order valence-corrected chi connectivity index (χ4v) is 5.72. The van der Waals surface area contributed by atoms with Crippen molar-refractivity contribution in [1.82, 2.24) is 10.2 Å². The number of carboxylic acid groups (broad SMARTS) is 1. The first-order valence-corrected chi connectivity index (χ1v) is 15.5. The standard InChI is InChI=1S/C35H38N2O12/c1-20-12-24(13-21(2)32(20)48-18-44-4)33(39)36-26-16-37(35(41)42)11-5-6-27(26)49-34(40)23-9-7-22(8-10-23)31(38)25-14-29-30(47-19-46-29)15-28(25)45-17-43-3/h7-10,12-15,26-27H,5-6,11,16-19H2,1-4H3,(H,36,39)(H,41,42)/t26-,27-/m1/s1. The maximum Gasteiger partial charge on any atom is 0.407 e. The molecule has 0 aliphatic carbocycles. The summed E-state index contributed by atoms with van der Waals surface area (Å²) in [6.45, 7) is 3.72. The molecule has 0 aromatic heterocycles. The van der Waals surface area contributed by atoms with Crippen LogP contribution in [-0.2, 0) is 14.2 Å². The van der Waals surface area contributed by atoms with Crippen molar-refractivity contribution in [1.29, 1.82) is 0 Å². The van der Waals surface area contributed by atoms with Crippen LogP contribution in [0.15, 0.2) is 48.5 Å². The molecule has 14 heteroatoms. The molecule has 3 aromatic carbocycles. The minimum Gasteiger partial charge on any atom is -0.467 e. The fourth-order valence-electron chi connectivity index (χ4n) is 5.72. The minimum absolute atomic E-state index is 0.0184. The Morgan fingerprint density at radius 3 is 2.16 bits per heavy atom. The van der Waals surface area contributed by atoms with Crippen LogP contribution in [0.4, 0.5) is 4.79 Å². The number of rotatable bonds is 12. The van der Waals surface area contributed by atoms with Gasteiger partial charge in [0, 0.05) is 44.5 Å². The topological polar surface area (TPSA) is 168 Å². The summed E-state index contributed by atoms with van der Waals surface area (Å²) in [7, 11) is 2.97. The van der Waals surface area contributed by atoms with Gasteiger partial charge in [-0.3, -0.25) is 9.59 Å². The lowest BCUT2D eigenvalue weighted by molar-refractivity contribution is 0.0179. The van der Waals surface area contributed by atoms with Gasteiger partial charge in [0.25, 0.3) is 5.91 Å². The van der Waals surface area contributed by atoms with Crippen molar-refractivity contribution in [2.24, 2.45) is 0 Å². The van der Waals surface area contributed by atoms with E-state index in [1.54, 1.807) is 32.0 Å². The van der Waals surface area contributed by atoms with Crippen LogP contribution in [0.3, 0.4) is 0 Å². The molecule has 1 saturated heterocycles. The van der Waals surface area contributed by atoms with Crippen molar-refractivity contribution in [3.8, 4) is 23.0 Å². The van der Waals surface area contributed by atoms with Gasteiger partial charge in [0.15, 0.2) is 30.9 Å². The molecule has 5 rings (SSSR count). The van der Waals surface area contributed by atoms with E-state index in [9.17, 15) is 24.3 Å². The Kier molecular flexibility index (Phi) is 11.2. The SMILES string of the molecule is COCOc1cc2c(cc1C(=O)c1ccc(C(=O)O[C@@H]3CCCN(C(=O)O)C[C@H]3NC(=O)c3cc(C)c(OCOC)c(C)c3)cc1)OCO2. The highest BCUT2D eigenvalue weighted by atomic mass is 16.7. The number of fused-ring (bicyclic) bond motifs is 1. The number of hydrogen-bond acceptors (Lipinski definition) is 11. The molecule has 0 unspecified atom stereocenters. The van der Waals surface area contributed by atoms with Gasteiger partial charge in [-0.15, -0.1) is 0 Å². The predicted molar refractivity (Wildman–Crippen MR) is 173 cm³/mol. The second kappa shape index (κ2) is 15.7. The number of nitrogens with zero attached hydrogens (tertiary/aromatic N) is 1. The van der Waals surface area contributed by atoms with Gasteiger partial charge in [-0.1, -0.05) is 12.1 Å². The van der Waals surface area contributed by atoms with Crippen molar-refractivity contribution < 1.29 is 57.4 Å². The molecule has 3 aromatic rings. The molecule has 2 N–H and O–H groups in total. The summed E-state index contributed by atoms with van der Waals surface area (Å²) >= 11 is 0. The molecule has 1 fully saturated rings. The van der Waals surface area contributed by atoms with E-state index in [1.807, 2.05) is 0 Å². The van der Waals surface area contributed by atoms with Crippen molar-refractivity contribution in [3.63, 3.8) is 0 Å². The Bertz CT molecular complexity index is 1680. The minimum atomic E-state index is -1.14. The molecule has 49 heavy (non-hydrogen) atoms. The van der Waals surface area contributed by atoms with E-state index in [0.29, 0.717) is 35.7 Å². The number of carbonyl (C=O) groups is 4. The van der Waals surface area contributed by atoms with Gasteiger partial charge < -0.3 is 48.5 Å². The number of benzene rings is 3. The zero-order valence-electron chi connectivity index (χ0n) is 27.6. The molecule has 0 spiro atoms. The lowest BCUT2D eigenvalue weighted by Gasteiger charge is -2.28. The average molecular weight is 679 g/mol. The summed E-state index contributed by atoms with van der Waals surface area (Å²) in [5.41, 5.74) is 2.45. The number of ether oxygens (including phenoxy) is 7. The molecule has 2 amide bonds. The average Bonchev–Trinajstić information content (AvgIpc) is 3.46. The van der Waals surface area contributed by atoms with Gasteiger partial charge in [-0.05, 0) is 68.1 Å². The number of aryl methyl sites for hydroxylation is 2. The lowest BCUT2D eigenvalue weighted by atomic mass is 10.0. The van der Waals surface area contributed by atoms with Gasteiger partial charge in [-0.2, -0.15) is 0 Å².